The van der Waals surface area contributed by atoms with Crippen LogP contribution in [0.4, 0.5) is 0 Å². The number of thioether (sulfide) groups is 1. The maximum absolute atomic E-state index is 4.32. The first-order chi connectivity index (χ1) is 4.67. The third-order valence-corrected chi connectivity index (χ3v) is 3.62. The number of fused-ring (bicyclic) bond motifs is 1. The van der Waals surface area contributed by atoms with Crippen molar-refractivity contribution in [3.8, 4) is 0 Å². The van der Waals surface area contributed by atoms with Crippen LogP contribution in [-0.4, -0.2) is 27.2 Å². The summed E-state index contributed by atoms with van der Waals surface area (Å²) >= 11 is 3.55. The SMILES string of the molecule is CC1(C)CN2CSN=C2S1. The number of nitrogens with zero attached hydrogens (tertiary/aromatic N) is 2. The molecular formula is C6H10N2S2. The molecule has 0 aromatic carbocycles. The molecule has 0 radical (unpaired) electrons. The highest BCUT2D eigenvalue weighted by Gasteiger charge is 2.37. The van der Waals surface area contributed by atoms with Gasteiger partial charge in [-0.15, -0.1) is 0 Å². The molecule has 0 aromatic rings. The van der Waals surface area contributed by atoms with Gasteiger partial charge in [0.05, 0.1) is 5.88 Å². The molecule has 2 rings (SSSR count). The minimum absolute atomic E-state index is 0.389. The van der Waals surface area contributed by atoms with Crippen molar-refractivity contribution >= 4 is 28.9 Å². The minimum atomic E-state index is 0.389. The van der Waals surface area contributed by atoms with Crippen LogP contribution in [0.15, 0.2) is 4.40 Å². The predicted octanol–water partition coefficient (Wildman–Crippen LogP) is 1.79. The van der Waals surface area contributed by atoms with Crippen LogP contribution < -0.4 is 0 Å². The van der Waals surface area contributed by atoms with Gasteiger partial charge in [0, 0.05) is 11.3 Å². The van der Waals surface area contributed by atoms with Gasteiger partial charge < -0.3 is 4.90 Å². The lowest BCUT2D eigenvalue weighted by molar-refractivity contribution is 0.469. The molecule has 2 nitrogen and oxygen atoms in total. The van der Waals surface area contributed by atoms with Gasteiger partial charge >= 0.3 is 0 Å². The van der Waals surface area contributed by atoms with Gasteiger partial charge in [0.1, 0.15) is 0 Å². The van der Waals surface area contributed by atoms with E-state index >= 15 is 0 Å². The Labute approximate surface area is 69.6 Å². The topological polar surface area (TPSA) is 15.6 Å². The summed E-state index contributed by atoms with van der Waals surface area (Å²) in [6.07, 6.45) is 0. The van der Waals surface area contributed by atoms with Gasteiger partial charge in [-0.05, 0) is 25.8 Å². The number of amidine groups is 1. The van der Waals surface area contributed by atoms with Gasteiger partial charge in [-0.3, -0.25) is 0 Å². The van der Waals surface area contributed by atoms with Crippen LogP contribution in [0.1, 0.15) is 13.8 Å². The van der Waals surface area contributed by atoms with Gasteiger partial charge in [-0.25, -0.2) is 0 Å². The second-order valence-electron chi connectivity index (χ2n) is 3.19. The van der Waals surface area contributed by atoms with Gasteiger partial charge in [0.15, 0.2) is 5.17 Å². The van der Waals surface area contributed by atoms with Crippen molar-refractivity contribution < 1.29 is 0 Å². The molecule has 0 saturated carbocycles. The quantitative estimate of drug-likeness (QED) is 0.521. The summed E-state index contributed by atoms with van der Waals surface area (Å²) in [6, 6.07) is 0. The maximum atomic E-state index is 4.32. The Hall–Kier alpha value is 0.170. The second kappa shape index (κ2) is 2.08. The van der Waals surface area contributed by atoms with Crippen LogP contribution in [0.2, 0.25) is 0 Å². The normalized spacial score (nSPS) is 28.6. The standard InChI is InChI=1S/C6H10N2S2/c1-6(2)3-8-4-9-7-5(8)10-6/h3-4H2,1-2H3. The van der Waals surface area contributed by atoms with Crippen molar-refractivity contribution in [2.45, 2.75) is 18.6 Å². The first-order valence-corrected chi connectivity index (χ1v) is 5.07. The van der Waals surface area contributed by atoms with Crippen LogP contribution >= 0.6 is 23.7 Å². The monoisotopic (exact) mass is 174 g/mol. The van der Waals surface area contributed by atoms with Crippen LogP contribution in [0.3, 0.4) is 0 Å². The molecule has 0 aliphatic carbocycles. The summed E-state index contributed by atoms with van der Waals surface area (Å²) in [5.41, 5.74) is 0. The first kappa shape index (κ1) is 6.85. The van der Waals surface area contributed by atoms with E-state index in [1.807, 2.05) is 11.8 Å². The highest BCUT2D eigenvalue weighted by molar-refractivity contribution is 8.16. The summed E-state index contributed by atoms with van der Waals surface area (Å²) in [7, 11) is 0. The molecule has 56 valence electrons. The summed E-state index contributed by atoms with van der Waals surface area (Å²) in [5, 5.41) is 1.23. The molecule has 0 atom stereocenters. The molecule has 0 spiro atoms. The lowest BCUT2D eigenvalue weighted by Crippen LogP contribution is -2.25. The molecule has 2 aliphatic rings. The zero-order valence-electron chi connectivity index (χ0n) is 6.13. The minimum Gasteiger partial charge on any atom is -0.338 e. The molecule has 2 heterocycles. The van der Waals surface area contributed by atoms with Crippen LogP contribution in [0.25, 0.3) is 0 Å². The summed E-state index contributed by atoms with van der Waals surface area (Å²) in [5.74, 6) is 1.06. The van der Waals surface area contributed by atoms with Gasteiger partial charge in [-0.2, -0.15) is 4.40 Å². The number of hydrogen-bond donors (Lipinski definition) is 0. The Bertz CT molecular complexity index is 188. The Morgan fingerprint density at radius 3 is 3.10 bits per heavy atom. The zero-order chi connectivity index (χ0) is 7.19. The van der Waals surface area contributed by atoms with Crippen molar-refractivity contribution in [3.63, 3.8) is 0 Å². The Balaban J connectivity index is 2.19. The zero-order valence-corrected chi connectivity index (χ0v) is 7.76. The molecule has 4 heteroatoms. The van der Waals surface area contributed by atoms with Crippen LogP contribution in [0.5, 0.6) is 0 Å². The van der Waals surface area contributed by atoms with Gasteiger partial charge in [-0.1, -0.05) is 11.8 Å². The van der Waals surface area contributed by atoms with Crippen molar-refractivity contribution in [1.82, 2.24) is 4.90 Å². The van der Waals surface area contributed by atoms with E-state index in [4.69, 9.17) is 0 Å². The highest BCUT2D eigenvalue weighted by atomic mass is 32.2. The third kappa shape index (κ3) is 1.03. The molecule has 10 heavy (non-hydrogen) atoms. The van der Waals surface area contributed by atoms with Crippen molar-refractivity contribution in [2.24, 2.45) is 4.40 Å². The summed E-state index contributed by atoms with van der Waals surface area (Å²) < 4.78 is 4.70. The fourth-order valence-corrected chi connectivity index (χ4v) is 3.20. The van der Waals surface area contributed by atoms with Crippen molar-refractivity contribution in [2.75, 3.05) is 12.4 Å². The fourth-order valence-electron chi connectivity index (χ4n) is 1.20. The average molecular weight is 174 g/mol. The van der Waals surface area contributed by atoms with E-state index in [0.29, 0.717) is 4.75 Å². The fraction of sp³-hybridized carbons (Fsp3) is 0.833. The summed E-state index contributed by atoms with van der Waals surface area (Å²) in [4.78, 5) is 2.34. The van der Waals surface area contributed by atoms with Gasteiger partial charge in [0.2, 0.25) is 0 Å². The Morgan fingerprint density at radius 2 is 2.40 bits per heavy atom. The van der Waals surface area contributed by atoms with Crippen LogP contribution in [-0.2, 0) is 0 Å². The smallest absolute Gasteiger partial charge is 0.172 e. The third-order valence-electron chi connectivity index (χ3n) is 1.57. The Morgan fingerprint density at radius 1 is 1.60 bits per heavy atom. The number of rotatable bonds is 0. The van der Waals surface area contributed by atoms with E-state index in [-0.39, 0.29) is 0 Å². The van der Waals surface area contributed by atoms with E-state index in [1.54, 1.807) is 11.9 Å². The Kier molecular flexibility index (Phi) is 1.42. The van der Waals surface area contributed by atoms with E-state index in [0.717, 1.165) is 12.4 Å². The molecule has 1 fully saturated rings. The molecule has 0 unspecified atom stereocenters. The molecule has 0 N–H and O–H groups in total. The average Bonchev–Trinajstić information content (AvgIpc) is 2.20. The van der Waals surface area contributed by atoms with Gasteiger partial charge in [0.25, 0.3) is 0 Å². The number of hydrogen-bond acceptors (Lipinski definition) is 4. The second-order valence-corrected chi connectivity index (χ2v) is 5.57. The van der Waals surface area contributed by atoms with Crippen molar-refractivity contribution in [3.05, 3.63) is 0 Å². The van der Waals surface area contributed by atoms with Crippen LogP contribution in [0, 0.1) is 0 Å². The molecule has 2 aliphatic heterocycles. The first-order valence-electron chi connectivity index (χ1n) is 3.31. The molecule has 1 saturated heterocycles. The maximum Gasteiger partial charge on any atom is 0.172 e. The highest BCUT2D eigenvalue weighted by Crippen LogP contribution is 2.40. The lowest BCUT2D eigenvalue weighted by atomic mass is 10.2. The van der Waals surface area contributed by atoms with E-state index < -0.39 is 0 Å². The molecular weight excluding hydrogens is 164 g/mol. The summed E-state index contributed by atoms with van der Waals surface area (Å²) in [6.45, 7) is 5.69. The van der Waals surface area contributed by atoms with E-state index in [2.05, 4.69) is 23.1 Å². The van der Waals surface area contributed by atoms with E-state index in [9.17, 15) is 0 Å². The molecule has 0 aromatic heterocycles. The molecule has 0 bridgehead atoms. The molecule has 0 amide bonds. The lowest BCUT2D eigenvalue weighted by Gasteiger charge is -2.15. The predicted molar refractivity (Wildman–Crippen MR) is 48.3 cm³/mol. The largest absolute Gasteiger partial charge is 0.338 e. The van der Waals surface area contributed by atoms with Crippen molar-refractivity contribution in [1.29, 1.82) is 0 Å². The van der Waals surface area contributed by atoms with E-state index in [1.165, 1.54) is 5.17 Å².